The monoisotopic (exact) mass is 366 g/mol. The fraction of sp³-hybridized carbons (Fsp3) is 0.474. The number of alkyl halides is 3. The quantitative estimate of drug-likeness (QED) is 0.871. The van der Waals surface area contributed by atoms with Gasteiger partial charge in [-0.3, -0.25) is 4.79 Å². The Kier molecular flexibility index (Phi) is 5.34. The molecule has 3 rings (SSSR count). The Morgan fingerprint density at radius 1 is 1.27 bits per heavy atom. The molecule has 2 aromatic rings. The van der Waals surface area contributed by atoms with Crippen LogP contribution in [0.3, 0.4) is 0 Å². The number of benzene rings is 1. The summed E-state index contributed by atoms with van der Waals surface area (Å²) in [6, 6.07) is 8.88. The van der Waals surface area contributed by atoms with E-state index in [-0.39, 0.29) is 25.2 Å². The van der Waals surface area contributed by atoms with Crippen molar-refractivity contribution in [1.29, 1.82) is 0 Å². The van der Waals surface area contributed by atoms with Crippen LogP contribution in [0.25, 0.3) is 11.5 Å². The van der Waals surface area contributed by atoms with Crippen molar-refractivity contribution in [2.24, 2.45) is 5.92 Å². The molecule has 0 bridgehead atoms. The second kappa shape index (κ2) is 7.51. The van der Waals surface area contributed by atoms with Gasteiger partial charge in [-0.15, -0.1) is 0 Å². The molecule has 0 spiro atoms. The van der Waals surface area contributed by atoms with Gasteiger partial charge in [-0.2, -0.15) is 13.2 Å². The van der Waals surface area contributed by atoms with Crippen LogP contribution in [0, 0.1) is 12.8 Å². The Morgan fingerprint density at radius 2 is 2.00 bits per heavy atom. The van der Waals surface area contributed by atoms with Gasteiger partial charge >= 0.3 is 6.18 Å². The number of nitrogens with zero attached hydrogens (tertiary/aromatic N) is 1. The van der Waals surface area contributed by atoms with Gasteiger partial charge in [0.15, 0.2) is 0 Å². The predicted molar refractivity (Wildman–Crippen MR) is 90.3 cm³/mol. The molecule has 1 aliphatic rings. The smallest absolute Gasteiger partial charge is 0.391 e. The first-order valence-electron chi connectivity index (χ1n) is 8.70. The third-order valence-electron chi connectivity index (χ3n) is 4.74. The minimum absolute atomic E-state index is 0.00461. The fourth-order valence-corrected chi connectivity index (χ4v) is 3.35. The van der Waals surface area contributed by atoms with E-state index in [0.29, 0.717) is 30.2 Å². The molecule has 1 aromatic heterocycles. The molecule has 140 valence electrons. The summed E-state index contributed by atoms with van der Waals surface area (Å²) in [7, 11) is 0. The number of halogens is 3. The van der Waals surface area contributed by atoms with Crippen LogP contribution in [0.4, 0.5) is 13.2 Å². The molecular formula is C19H21F3N2O2. The summed E-state index contributed by atoms with van der Waals surface area (Å²) >= 11 is 0. The zero-order valence-corrected chi connectivity index (χ0v) is 14.5. The lowest BCUT2D eigenvalue weighted by molar-refractivity contribution is -0.184. The molecule has 2 atom stereocenters. The van der Waals surface area contributed by atoms with E-state index in [1.807, 2.05) is 30.3 Å². The zero-order chi connectivity index (χ0) is 18.7. The number of oxazole rings is 1. The number of nitrogens with one attached hydrogen (secondary N) is 1. The lowest BCUT2D eigenvalue weighted by atomic mass is 9.85. The lowest BCUT2D eigenvalue weighted by Crippen LogP contribution is -2.42. The molecule has 1 amide bonds. The summed E-state index contributed by atoms with van der Waals surface area (Å²) < 4.78 is 44.3. The highest BCUT2D eigenvalue weighted by molar-refractivity contribution is 5.78. The molecule has 4 nitrogen and oxygen atoms in total. The van der Waals surface area contributed by atoms with Gasteiger partial charge in [0.1, 0.15) is 5.76 Å². The van der Waals surface area contributed by atoms with E-state index >= 15 is 0 Å². The number of carbonyl (C=O) groups is 1. The number of carbonyl (C=O) groups excluding carboxylic acids is 1. The van der Waals surface area contributed by atoms with Gasteiger partial charge in [0, 0.05) is 11.6 Å². The van der Waals surface area contributed by atoms with Gasteiger partial charge in [0.2, 0.25) is 11.8 Å². The second-order valence-electron chi connectivity index (χ2n) is 6.73. The van der Waals surface area contributed by atoms with Crippen molar-refractivity contribution in [3.8, 4) is 11.5 Å². The first-order chi connectivity index (χ1) is 12.3. The maximum atomic E-state index is 12.9. The zero-order valence-electron chi connectivity index (χ0n) is 14.5. The third-order valence-corrected chi connectivity index (χ3v) is 4.74. The molecule has 1 aromatic carbocycles. The first kappa shape index (κ1) is 18.5. The lowest BCUT2D eigenvalue weighted by Gasteiger charge is -2.31. The number of hydrogen-bond acceptors (Lipinski definition) is 3. The maximum absolute atomic E-state index is 12.9. The molecule has 1 fully saturated rings. The summed E-state index contributed by atoms with van der Waals surface area (Å²) in [4.78, 5) is 16.6. The van der Waals surface area contributed by atoms with E-state index in [9.17, 15) is 18.0 Å². The maximum Gasteiger partial charge on any atom is 0.391 e. The van der Waals surface area contributed by atoms with Crippen molar-refractivity contribution in [3.63, 3.8) is 0 Å². The van der Waals surface area contributed by atoms with E-state index in [1.54, 1.807) is 6.92 Å². The average Bonchev–Trinajstić information content (AvgIpc) is 2.96. The highest BCUT2D eigenvalue weighted by Gasteiger charge is 2.42. The van der Waals surface area contributed by atoms with Crippen molar-refractivity contribution >= 4 is 5.91 Å². The van der Waals surface area contributed by atoms with Gasteiger partial charge in [0.05, 0.1) is 18.0 Å². The standard InChI is InChI=1S/C19H21F3N2O2/c1-12-16(24-18(26-12)13-6-3-2-4-7-13)11-17(25)23-15-9-5-8-14(10-15)19(20,21)22/h2-4,6-7,14-15H,5,8-11H2,1H3,(H,23,25)/t14-,15+/m1/s1. The van der Waals surface area contributed by atoms with Gasteiger partial charge in [-0.25, -0.2) is 4.98 Å². The van der Waals surface area contributed by atoms with E-state index in [2.05, 4.69) is 10.3 Å². The Hall–Kier alpha value is -2.31. The average molecular weight is 366 g/mol. The highest BCUT2D eigenvalue weighted by atomic mass is 19.4. The molecule has 0 aliphatic heterocycles. The van der Waals surface area contributed by atoms with Gasteiger partial charge < -0.3 is 9.73 Å². The van der Waals surface area contributed by atoms with Gasteiger partial charge in [-0.1, -0.05) is 24.6 Å². The van der Waals surface area contributed by atoms with E-state index in [0.717, 1.165) is 5.56 Å². The molecule has 1 saturated carbocycles. The minimum Gasteiger partial charge on any atom is -0.441 e. The molecule has 7 heteroatoms. The van der Waals surface area contributed by atoms with Crippen molar-refractivity contribution in [1.82, 2.24) is 10.3 Å². The topological polar surface area (TPSA) is 55.1 Å². The number of aromatic nitrogens is 1. The molecule has 0 unspecified atom stereocenters. The van der Waals surface area contributed by atoms with Crippen LogP contribution >= 0.6 is 0 Å². The Balaban J connectivity index is 1.61. The van der Waals surface area contributed by atoms with E-state index in [4.69, 9.17) is 4.42 Å². The van der Waals surface area contributed by atoms with Crippen molar-refractivity contribution in [3.05, 3.63) is 41.8 Å². The summed E-state index contributed by atoms with van der Waals surface area (Å²) in [6.45, 7) is 1.72. The minimum atomic E-state index is -4.20. The third kappa shape index (κ3) is 4.45. The molecular weight excluding hydrogens is 345 g/mol. The second-order valence-corrected chi connectivity index (χ2v) is 6.73. The Labute approximate surface area is 149 Å². The Morgan fingerprint density at radius 3 is 2.69 bits per heavy atom. The predicted octanol–water partition coefficient (Wildman–Crippen LogP) is 4.43. The normalized spacial score (nSPS) is 20.8. The number of amides is 1. The molecule has 0 radical (unpaired) electrons. The van der Waals surface area contributed by atoms with Crippen molar-refractivity contribution in [2.75, 3.05) is 0 Å². The summed E-state index contributed by atoms with van der Waals surface area (Å²) in [5.74, 6) is -0.689. The first-order valence-corrected chi connectivity index (χ1v) is 8.70. The van der Waals surface area contributed by atoms with Crippen LogP contribution in [-0.4, -0.2) is 23.1 Å². The summed E-state index contributed by atoms with van der Waals surface area (Å²) in [6.07, 6.45) is -3.07. The van der Waals surface area contributed by atoms with Crippen LogP contribution in [0.5, 0.6) is 0 Å². The van der Waals surface area contributed by atoms with E-state index < -0.39 is 18.1 Å². The highest BCUT2D eigenvalue weighted by Crippen LogP contribution is 2.37. The van der Waals surface area contributed by atoms with Crippen molar-refractivity contribution < 1.29 is 22.4 Å². The van der Waals surface area contributed by atoms with Gasteiger partial charge in [0.25, 0.3) is 0 Å². The Bertz CT molecular complexity index is 756. The largest absolute Gasteiger partial charge is 0.441 e. The molecule has 26 heavy (non-hydrogen) atoms. The molecule has 1 aliphatic carbocycles. The fourth-order valence-electron chi connectivity index (χ4n) is 3.35. The number of aryl methyl sites for hydroxylation is 1. The number of rotatable bonds is 4. The van der Waals surface area contributed by atoms with Gasteiger partial charge in [-0.05, 0) is 38.3 Å². The van der Waals surface area contributed by atoms with E-state index in [1.165, 1.54) is 0 Å². The summed E-state index contributed by atoms with van der Waals surface area (Å²) in [5, 5.41) is 2.73. The molecule has 0 saturated heterocycles. The van der Waals surface area contributed by atoms with Crippen LogP contribution in [-0.2, 0) is 11.2 Å². The SMILES string of the molecule is Cc1oc(-c2ccccc2)nc1CC(=O)N[C@H]1CCC[C@@H](C(F)(F)F)C1. The molecule has 1 N–H and O–H groups in total. The number of hydrogen-bond donors (Lipinski definition) is 1. The summed E-state index contributed by atoms with van der Waals surface area (Å²) in [5.41, 5.74) is 1.31. The van der Waals surface area contributed by atoms with Crippen LogP contribution in [0.2, 0.25) is 0 Å². The van der Waals surface area contributed by atoms with Crippen LogP contribution in [0.15, 0.2) is 34.7 Å². The van der Waals surface area contributed by atoms with Crippen LogP contribution in [0.1, 0.15) is 37.1 Å². The van der Waals surface area contributed by atoms with Crippen molar-refractivity contribution in [2.45, 2.75) is 51.2 Å². The molecule has 1 heterocycles. The van der Waals surface area contributed by atoms with Crippen LogP contribution < -0.4 is 5.32 Å².